The van der Waals surface area contributed by atoms with Crippen LogP contribution in [0.4, 0.5) is 0 Å². The van der Waals surface area contributed by atoms with Gasteiger partial charge in [-0.1, -0.05) is 0 Å². The smallest absolute Gasteiger partial charge is 0.261 e. The van der Waals surface area contributed by atoms with Crippen molar-refractivity contribution in [1.82, 2.24) is 9.96 Å². The molecule has 1 aromatic rings. The maximum absolute atomic E-state index is 12.0. The fraction of sp³-hybridized carbons (Fsp3) is 0.455. The van der Waals surface area contributed by atoms with E-state index in [0.717, 1.165) is 4.90 Å². The van der Waals surface area contributed by atoms with Crippen molar-refractivity contribution in [2.45, 2.75) is 12.1 Å². The molecular weight excluding hydrogens is 224 g/mol. The van der Waals surface area contributed by atoms with E-state index in [9.17, 15) is 9.59 Å². The number of furan rings is 1. The highest BCUT2D eigenvalue weighted by Gasteiger charge is 2.58. The molecule has 17 heavy (non-hydrogen) atoms. The van der Waals surface area contributed by atoms with E-state index >= 15 is 0 Å². The molecule has 0 unspecified atom stereocenters. The Bertz CT molecular complexity index is 470. The van der Waals surface area contributed by atoms with Crippen LogP contribution in [0.3, 0.4) is 0 Å². The highest BCUT2D eigenvalue weighted by Crippen LogP contribution is 2.43. The number of nitrogens with zero attached hydrogens (tertiary/aromatic N) is 2. The lowest BCUT2D eigenvalue weighted by molar-refractivity contribution is -0.170. The number of likely N-dealkylation sites (tertiary alicyclic amines) is 1. The molecule has 6 heteroatoms. The van der Waals surface area contributed by atoms with Gasteiger partial charge in [0.25, 0.3) is 5.91 Å². The SMILES string of the molecule is CN1C(=O)[C@H]2[C@H](ON(C)[C@@H]2c2ccco2)C1=O. The number of hydroxylamine groups is 2. The molecule has 0 radical (unpaired) electrons. The van der Waals surface area contributed by atoms with Crippen LogP contribution in [0.25, 0.3) is 0 Å². The van der Waals surface area contributed by atoms with Crippen LogP contribution in [-0.4, -0.2) is 42.0 Å². The Balaban J connectivity index is 2.01. The third kappa shape index (κ3) is 1.28. The number of amides is 2. The average molecular weight is 236 g/mol. The van der Waals surface area contributed by atoms with Crippen molar-refractivity contribution in [3.63, 3.8) is 0 Å². The zero-order valence-corrected chi connectivity index (χ0v) is 9.49. The highest BCUT2D eigenvalue weighted by atomic mass is 16.7. The van der Waals surface area contributed by atoms with Crippen LogP contribution in [0.1, 0.15) is 11.8 Å². The molecule has 0 aliphatic carbocycles. The molecule has 0 aromatic carbocycles. The monoisotopic (exact) mass is 236 g/mol. The third-order valence-electron chi connectivity index (χ3n) is 3.36. The second kappa shape index (κ2) is 3.41. The zero-order chi connectivity index (χ0) is 12.2. The van der Waals surface area contributed by atoms with Crippen molar-refractivity contribution >= 4 is 11.8 Å². The number of hydrogen-bond acceptors (Lipinski definition) is 5. The molecule has 2 aliphatic heterocycles. The second-order valence-corrected chi connectivity index (χ2v) is 4.29. The van der Waals surface area contributed by atoms with Crippen molar-refractivity contribution in [3.8, 4) is 0 Å². The highest BCUT2D eigenvalue weighted by molar-refractivity contribution is 6.06. The van der Waals surface area contributed by atoms with Gasteiger partial charge in [0.2, 0.25) is 5.91 Å². The van der Waals surface area contributed by atoms with E-state index in [1.165, 1.54) is 12.1 Å². The molecule has 0 bridgehead atoms. The summed E-state index contributed by atoms with van der Waals surface area (Å²) in [6.45, 7) is 0. The minimum atomic E-state index is -0.715. The molecule has 2 fully saturated rings. The Morgan fingerprint density at radius 2 is 2.00 bits per heavy atom. The van der Waals surface area contributed by atoms with Gasteiger partial charge in [0.1, 0.15) is 17.7 Å². The molecule has 0 saturated carbocycles. The predicted molar refractivity (Wildman–Crippen MR) is 55.4 cm³/mol. The van der Waals surface area contributed by atoms with Crippen molar-refractivity contribution < 1.29 is 18.8 Å². The summed E-state index contributed by atoms with van der Waals surface area (Å²) in [6, 6.07) is 3.20. The van der Waals surface area contributed by atoms with Gasteiger partial charge in [-0.15, -0.1) is 0 Å². The fourth-order valence-corrected chi connectivity index (χ4v) is 2.50. The maximum atomic E-state index is 12.0. The second-order valence-electron chi connectivity index (χ2n) is 4.29. The number of rotatable bonds is 1. The summed E-state index contributed by atoms with van der Waals surface area (Å²) < 4.78 is 5.31. The first-order valence-corrected chi connectivity index (χ1v) is 5.35. The van der Waals surface area contributed by atoms with Gasteiger partial charge in [-0.2, -0.15) is 5.06 Å². The average Bonchev–Trinajstić information content (AvgIpc) is 2.96. The molecule has 90 valence electrons. The number of carbonyl (C=O) groups excluding carboxylic acids is 2. The van der Waals surface area contributed by atoms with Crippen molar-refractivity contribution in [3.05, 3.63) is 24.2 Å². The lowest BCUT2D eigenvalue weighted by atomic mass is 9.95. The summed E-state index contributed by atoms with van der Waals surface area (Å²) in [5.41, 5.74) is 0. The molecule has 3 atom stereocenters. The predicted octanol–water partition coefficient (Wildman–Crippen LogP) is 0.181. The van der Waals surface area contributed by atoms with Gasteiger partial charge >= 0.3 is 0 Å². The van der Waals surface area contributed by atoms with Crippen molar-refractivity contribution in [2.75, 3.05) is 14.1 Å². The van der Waals surface area contributed by atoms with E-state index in [0.29, 0.717) is 5.76 Å². The van der Waals surface area contributed by atoms with E-state index in [-0.39, 0.29) is 17.9 Å². The van der Waals surface area contributed by atoms with Gasteiger partial charge in [0.05, 0.1) is 6.26 Å². The van der Waals surface area contributed by atoms with Crippen molar-refractivity contribution in [1.29, 1.82) is 0 Å². The molecule has 0 spiro atoms. The largest absolute Gasteiger partial charge is 0.468 e. The van der Waals surface area contributed by atoms with Crippen LogP contribution in [0, 0.1) is 5.92 Å². The lowest BCUT2D eigenvalue weighted by Gasteiger charge is -2.20. The third-order valence-corrected chi connectivity index (χ3v) is 3.36. The van der Waals surface area contributed by atoms with Gasteiger partial charge in [-0.3, -0.25) is 19.3 Å². The Morgan fingerprint density at radius 3 is 2.65 bits per heavy atom. The summed E-state index contributed by atoms with van der Waals surface area (Å²) in [5.74, 6) is -0.383. The summed E-state index contributed by atoms with van der Waals surface area (Å²) in [6.07, 6.45) is 0.828. The quantitative estimate of drug-likeness (QED) is 0.651. The topological polar surface area (TPSA) is 63.0 Å². The van der Waals surface area contributed by atoms with Gasteiger partial charge < -0.3 is 4.42 Å². The van der Waals surface area contributed by atoms with Crippen LogP contribution in [-0.2, 0) is 14.4 Å². The normalized spacial score (nSPS) is 33.5. The first-order valence-electron chi connectivity index (χ1n) is 5.35. The summed E-state index contributed by atoms with van der Waals surface area (Å²) >= 11 is 0. The van der Waals surface area contributed by atoms with Crippen LogP contribution >= 0.6 is 0 Å². The Hall–Kier alpha value is -1.66. The molecule has 3 heterocycles. The van der Waals surface area contributed by atoms with E-state index in [2.05, 4.69) is 0 Å². The number of imide groups is 1. The fourth-order valence-electron chi connectivity index (χ4n) is 2.50. The summed E-state index contributed by atoms with van der Waals surface area (Å²) in [7, 11) is 3.18. The summed E-state index contributed by atoms with van der Waals surface area (Å²) in [5, 5.41) is 1.52. The van der Waals surface area contributed by atoms with Gasteiger partial charge in [0.15, 0.2) is 6.10 Å². The van der Waals surface area contributed by atoms with Gasteiger partial charge in [0, 0.05) is 14.1 Å². The van der Waals surface area contributed by atoms with Crippen LogP contribution < -0.4 is 0 Å². The van der Waals surface area contributed by atoms with Gasteiger partial charge in [-0.05, 0) is 12.1 Å². The lowest BCUT2D eigenvalue weighted by Crippen LogP contribution is -2.33. The number of fused-ring (bicyclic) bond motifs is 1. The van der Waals surface area contributed by atoms with Gasteiger partial charge in [-0.25, -0.2) is 0 Å². The summed E-state index contributed by atoms with van der Waals surface area (Å²) in [4.78, 5) is 30.3. The minimum absolute atomic E-state index is 0.217. The molecule has 6 nitrogen and oxygen atoms in total. The van der Waals surface area contributed by atoms with Crippen molar-refractivity contribution in [2.24, 2.45) is 5.92 Å². The first-order chi connectivity index (χ1) is 8.11. The molecule has 2 aliphatic rings. The maximum Gasteiger partial charge on any atom is 0.261 e. The Kier molecular flexibility index (Phi) is 2.11. The van der Waals surface area contributed by atoms with E-state index in [1.54, 1.807) is 25.4 Å². The minimum Gasteiger partial charge on any atom is -0.468 e. The molecular formula is C11H12N2O4. The molecule has 1 aromatic heterocycles. The molecule has 2 amide bonds. The van der Waals surface area contributed by atoms with Crippen LogP contribution in [0.5, 0.6) is 0 Å². The number of hydrogen-bond donors (Lipinski definition) is 0. The number of likely N-dealkylation sites (N-methyl/N-ethyl adjacent to an activating group) is 1. The first kappa shape index (κ1) is 10.5. The van der Waals surface area contributed by atoms with Crippen LogP contribution in [0.15, 0.2) is 22.8 Å². The number of carbonyl (C=O) groups is 2. The van der Waals surface area contributed by atoms with E-state index in [1.807, 2.05) is 0 Å². The molecule has 3 rings (SSSR count). The van der Waals surface area contributed by atoms with E-state index in [4.69, 9.17) is 9.25 Å². The Labute approximate surface area is 97.7 Å². The Morgan fingerprint density at radius 1 is 1.24 bits per heavy atom. The zero-order valence-electron chi connectivity index (χ0n) is 9.49. The molecule has 0 N–H and O–H groups in total. The van der Waals surface area contributed by atoms with E-state index < -0.39 is 12.0 Å². The van der Waals surface area contributed by atoms with Crippen LogP contribution in [0.2, 0.25) is 0 Å². The standard InChI is InChI=1S/C11H12N2O4/c1-12-10(14)7-8(6-4-3-5-16-6)13(2)17-9(7)11(12)15/h3-5,7-9H,1-2H3/t7-,8-,9+/m1/s1. The molecule has 2 saturated heterocycles.